The van der Waals surface area contributed by atoms with Gasteiger partial charge in [-0.15, -0.1) is 0 Å². The first-order valence-corrected chi connectivity index (χ1v) is 9.09. The summed E-state index contributed by atoms with van der Waals surface area (Å²) in [5.74, 6) is 0.531. The average molecular weight is 410 g/mol. The Labute approximate surface area is 159 Å². The summed E-state index contributed by atoms with van der Waals surface area (Å²) >= 11 is 3.52. The van der Waals surface area contributed by atoms with Crippen LogP contribution < -0.4 is 5.32 Å². The van der Waals surface area contributed by atoms with E-state index in [0.717, 1.165) is 38.3 Å². The van der Waals surface area contributed by atoms with Crippen molar-refractivity contribution in [1.29, 1.82) is 0 Å². The van der Waals surface area contributed by atoms with Crippen LogP contribution in [0.4, 0.5) is 15.9 Å². The molecule has 0 saturated heterocycles. The van der Waals surface area contributed by atoms with Crippen LogP contribution in [0.25, 0.3) is 16.9 Å². The highest BCUT2D eigenvalue weighted by Gasteiger charge is 2.16. The maximum Gasteiger partial charge on any atom is 0.143 e. The van der Waals surface area contributed by atoms with Gasteiger partial charge in [-0.2, -0.15) is 0 Å². The number of hydrogen-bond donors (Lipinski definition) is 1. The molecule has 2 aromatic heterocycles. The quantitative estimate of drug-likeness (QED) is 0.432. The standard InChI is InChI=1S/C21H17BrFN3/c1-13-5-3-6-14(2)19(13)25-21-20(15-7-4-8-17(23)11-15)24-18-10-9-16(22)12-26(18)21/h3-12,25H,1-2H3. The van der Waals surface area contributed by atoms with E-state index in [1.54, 1.807) is 6.07 Å². The maximum atomic E-state index is 13.8. The van der Waals surface area contributed by atoms with Crippen molar-refractivity contribution in [1.82, 2.24) is 9.38 Å². The van der Waals surface area contributed by atoms with E-state index in [1.165, 1.54) is 12.1 Å². The summed E-state index contributed by atoms with van der Waals surface area (Å²) in [7, 11) is 0. The summed E-state index contributed by atoms with van der Waals surface area (Å²) in [5, 5.41) is 3.53. The van der Waals surface area contributed by atoms with E-state index in [-0.39, 0.29) is 5.82 Å². The van der Waals surface area contributed by atoms with E-state index in [9.17, 15) is 4.39 Å². The highest BCUT2D eigenvalue weighted by Crippen LogP contribution is 2.34. The van der Waals surface area contributed by atoms with Crippen LogP contribution in [0.1, 0.15) is 11.1 Å². The number of anilines is 2. The Hall–Kier alpha value is -2.66. The van der Waals surface area contributed by atoms with Crippen molar-refractivity contribution < 1.29 is 4.39 Å². The largest absolute Gasteiger partial charge is 0.339 e. The third-order valence-corrected chi connectivity index (χ3v) is 4.87. The van der Waals surface area contributed by atoms with Crippen LogP contribution in [0, 0.1) is 19.7 Å². The Morgan fingerprint density at radius 1 is 1.00 bits per heavy atom. The van der Waals surface area contributed by atoms with Crippen molar-refractivity contribution in [2.24, 2.45) is 0 Å². The van der Waals surface area contributed by atoms with Gasteiger partial charge in [0.2, 0.25) is 0 Å². The number of nitrogens with zero attached hydrogens (tertiary/aromatic N) is 2. The molecule has 0 aliphatic heterocycles. The van der Waals surface area contributed by atoms with E-state index in [4.69, 9.17) is 4.98 Å². The Kier molecular flexibility index (Phi) is 4.24. The molecule has 0 amide bonds. The first kappa shape index (κ1) is 16.8. The highest BCUT2D eigenvalue weighted by molar-refractivity contribution is 9.10. The zero-order chi connectivity index (χ0) is 18.3. The molecule has 0 radical (unpaired) electrons. The number of imidazole rings is 1. The maximum absolute atomic E-state index is 13.8. The number of rotatable bonds is 3. The molecule has 1 N–H and O–H groups in total. The lowest BCUT2D eigenvalue weighted by atomic mass is 10.1. The minimum atomic E-state index is -0.279. The molecule has 0 aliphatic rings. The van der Waals surface area contributed by atoms with Gasteiger partial charge in [0.05, 0.1) is 0 Å². The molecule has 2 heterocycles. The van der Waals surface area contributed by atoms with Crippen LogP contribution in [0.15, 0.2) is 65.3 Å². The van der Waals surface area contributed by atoms with Crippen LogP contribution in [0.2, 0.25) is 0 Å². The monoisotopic (exact) mass is 409 g/mol. The predicted molar refractivity (Wildman–Crippen MR) is 107 cm³/mol. The number of benzene rings is 2. The summed E-state index contributed by atoms with van der Waals surface area (Å²) < 4.78 is 16.7. The number of aryl methyl sites for hydroxylation is 2. The number of halogens is 2. The molecule has 5 heteroatoms. The number of nitrogens with one attached hydrogen (secondary N) is 1. The second-order valence-electron chi connectivity index (χ2n) is 6.29. The van der Waals surface area contributed by atoms with Crippen LogP contribution >= 0.6 is 15.9 Å². The fraction of sp³-hybridized carbons (Fsp3) is 0.0952. The van der Waals surface area contributed by atoms with Crippen molar-refractivity contribution >= 4 is 33.1 Å². The zero-order valence-corrected chi connectivity index (χ0v) is 16.0. The fourth-order valence-corrected chi connectivity index (χ4v) is 3.44. The second kappa shape index (κ2) is 6.57. The average Bonchev–Trinajstić information content (AvgIpc) is 2.96. The van der Waals surface area contributed by atoms with Crippen molar-refractivity contribution in [3.8, 4) is 11.3 Å². The minimum Gasteiger partial charge on any atom is -0.339 e. The van der Waals surface area contributed by atoms with Gasteiger partial charge in [-0.1, -0.05) is 30.3 Å². The molecule has 0 fully saturated rings. The van der Waals surface area contributed by atoms with Gasteiger partial charge in [0.1, 0.15) is 23.0 Å². The summed E-state index contributed by atoms with van der Waals surface area (Å²) in [6.45, 7) is 4.13. The van der Waals surface area contributed by atoms with Gasteiger partial charge in [0, 0.05) is 21.9 Å². The molecular formula is C21H17BrFN3. The number of fused-ring (bicyclic) bond motifs is 1. The fourth-order valence-electron chi connectivity index (χ4n) is 3.11. The summed E-state index contributed by atoms with van der Waals surface area (Å²) in [6.07, 6.45) is 1.96. The predicted octanol–water partition coefficient (Wildman–Crippen LogP) is 6.26. The third-order valence-electron chi connectivity index (χ3n) is 4.41. The number of hydrogen-bond acceptors (Lipinski definition) is 2. The van der Waals surface area contributed by atoms with Gasteiger partial charge in [-0.05, 0) is 65.2 Å². The molecule has 0 atom stereocenters. The van der Waals surface area contributed by atoms with E-state index >= 15 is 0 Å². The van der Waals surface area contributed by atoms with E-state index in [0.29, 0.717) is 5.69 Å². The summed E-state index contributed by atoms with van der Waals surface area (Å²) in [5.41, 5.74) is 5.55. The minimum absolute atomic E-state index is 0.279. The molecule has 0 spiro atoms. The van der Waals surface area contributed by atoms with Crippen LogP contribution in [0.5, 0.6) is 0 Å². The van der Waals surface area contributed by atoms with E-state index < -0.39 is 0 Å². The van der Waals surface area contributed by atoms with Gasteiger partial charge >= 0.3 is 0 Å². The molecule has 0 aliphatic carbocycles. The van der Waals surface area contributed by atoms with Crippen molar-refractivity contribution in [2.45, 2.75) is 13.8 Å². The first-order valence-electron chi connectivity index (χ1n) is 8.30. The molecular weight excluding hydrogens is 393 g/mol. The van der Waals surface area contributed by atoms with Crippen LogP contribution in [-0.2, 0) is 0 Å². The summed E-state index contributed by atoms with van der Waals surface area (Å²) in [6, 6.07) is 16.6. The lowest BCUT2D eigenvalue weighted by Crippen LogP contribution is -2.00. The first-order chi connectivity index (χ1) is 12.5. The Morgan fingerprint density at radius 3 is 2.46 bits per heavy atom. The topological polar surface area (TPSA) is 29.3 Å². The Bertz CT molecular complexity index is 1100. The second-order valence-corrected chi connectivity index (χ2v) is 7.20. The molecule has 3 nitrogen and oxygen atoms in total. The summed E-state index contributed by atoms with van der Waals surface area (Å²) in [4.78, 5) is 4.73. The van der Waals surface area contributed by atoms with Crippen LogP contribution in [-0.4, -0.2) is 9.38 Å². The van der Waals surface area contributed by atoms with Crippen molar-refractivity contribution in [3.63, 3.8) is 0 Å². The number of aromatic nitrogens is 2. The van der Waals surface area contributed by atoms with Gasteiger partial charge in [0.25, 0.3) is 0 Å². The van der Waals surface area contributed by atoms with Gasteiger partial charge in [-0.25, -0.2) is 9.37 Å². The van der Waals surface area contributed by atoms with Crippen molar-refractivity contribution in [3.05, 3.63) is 82.2 Å². The number of pyridine rings is 1. The van der Waals surface area contributed by atoms with Gasteiger partial charge in [0.15, 0.2) is 0 Å². The molecule has 0 unspecified atom stereocenters. The normalized spacial score (nSPS) is 11.1. The lowest BCUT2D eigenvalue weighted by Gasteiger charge is -2.14. The highest BCUT2D eigenvalue weighted by atomic mass is 79.9. The van der Waals surface area contributed by atoms with Gasteiger partial charge in [-0.3, -0.25) is 4.40 Å². The van der Waals surface area contributed by atoms with Crippen LogP contribution in [0.3, 0.4) is 0 Å². The molecule has 0 bridgehead atoms. The Morgan fingerprint density at radius 2 is 1.73 bits per heavy atom. The van der Waals surface area contributed by atoms with E-state index in [2.05, 4.69) is 47.2 Å². The zero-order valence-electron chi connectivity index (χ0n) is 14.4. The third kappa shape index (κ3) is 2.99. The molecule has 4 rings (SSSR count). The SMILES string of the molecule is Cc1cccc(C)c1Nc1c(-c2cccc(F)c2)nc2ccc(Br)cn12. The lowest BCUT2D eigenvalue weighted by molar-refractivity contribution is 0.628. The number of para-hydroxylation sites is 1. The molecule has 4 aromatic rings. The molecule has 0 saturated carbocycles. The molecule has 26 heavy (non-hydrogen) atoms. The van der Waals surface area contributed by atoms with E-state index in [1.807, 2.05) is 34.9 Å². The molecule has 2 aromatic carbocycles. The van der Waals surface area contributed by atoms with Crippen molar-refractivity contribution in [2.75, 3.05) is 5.32 Å². The van der Waals surface area contributed by atoms with Gasteiger partial charge < -0.3 is 5.32 Å². The smallest absolute Gasteiger partial charge is 0.143 e. The Balaban J connectivity index is 1.96. The molecule has 130 valence electrons.